The highest BCUT2D eigenvalue weighted by molar-refractivity contribution is 5.49. The summed E-state index contributed by atoms with van der Waals surface area (Å²) >= 11 is 0. The summed E-state index contributed by atoms with van der Waals surface area (Å²) in [5.41, 5.74) is 2.61. The van der Waals surface area contributed by atoms with E-state index in [0.29, 0.717) is 12.8 Å². The fourth-order valence-corrected chi connectivity index (χ4v) is 2.58. The van der Waals surface area contributed by atoms with Gasteiger partial charge in [0.15, 0.2) is 11.5 Å². The first kappa shape index (κ1) is 14.2. The van der Waals surface area contributed by atoms with Gasteiger partial charge in [0.1, 0.15) is 0 Å². The lowest BCUT2D eigenvalue weighted by Crippen LogP contribution is -2.22. The first-order chi connectivity index (χ1) is 9.13. The highest BCUT2D eigenvalue weighted by atomic mass is 16.7. The summed E-state index contributed by atoms with van der Waals surface area (Å²) in [5.74, 6) is 1.75. The van der Waals surface area contributed by atoms with Crippen LogP contribution in [-0.4, -0.2) is 39.4 Å². The van der Waals surface area contributed by atoms with Crippen molar-refractivity contribution in [2.45, 2.75) is 25.8 Å². The molecule has 0 amide bonds. The highest BCUT2D eigenvalue weighted by Gasteiger charge is 2.21. The zero-order valence-electron chi connectivity index (χ0n) is 12.3. The van der Waals surface area contributed by atoms with Gasteiger partial charge in [0.2, 0.25) is 6.79 Å². The zero-order chi connectivity index (χ0) is 13.8. The van der Waals surface area contributed by atoms with Gasteiger partial charge in [-0.25, -0.2) is 0 Å². The van der Waals surface area contributed by atoms with Gasteiger partial charge in [-0.1, -0.05) is 0 Å². The van der Waals surface area contributed by atoms with E-state index < -0.39 is 0 Å². The number of hydrogen-bond acceptors (Lipinski definition) is 4. The fraction of sp³-hybridized carbons (Fsp3) is 0.600. The second kappa shape index (κ2) is 6.26. The minimum absolute atomic E-state index is 0.338. The van der Waals surface area contributed by atoms with Gasteiger partial charge in [-0.3, -0.25) is 0 Å². The summed E-state index contributed by atoms with van der Waals surface area (Å²) in [6.45, 7) is 3.53. The third-order valence-electron chi connectivity index (χ3n) is 3.65. The Bertz CT molecular complexity index is 432. The molecular formula is C15H24N2O2. The van der Waals surface area contributed by atoms with Gasteiger partial charge in [0.05, 0.1) is 0 Å². The lowest BCUT2D eigenvalue weighted by atomic mass is 9.96. The lowest BCUT2D eigenvalue weighted by Gasteiger charge is -2.26. The molecule has 2 rings (SSSR count). The predicted octanol–water partition coefficient (Wildman–Crippen LogP) is 2.33. The summed E-state index contributed by atoms with van der Waals surface area (Å²) in [6, 6.07) is 4.65. The average molecular weight is 264 g/mol. The Morgan fingerprint density at radius 1 is 1.26 bits per heavy atom. The van der Waals surface area contributed by atoms with Gasteiger partial charge < -0.3 is 19.7 Å². The van der Waals surface area contributed by atoms with Crippen molar-refractivity contribution < 1.29 is 9.47 Å². The number of ether oxygens (including phenoxy) is 2. The molecule has 106 valence electrons. The molecule has 1 atom stereocenters. The van der Waals surface area contributed by atoms with Gasteiger partial charge >= 0.3 is 0 Å². The Morgan fingerprint density at radius 2 is 1.95 bits per heavy atom. The summed E-state index contributed by atoms with van der Waals surface area (Å²) in [6.07, 6.45) is 2.29. The molecule has 0 radical (unpaired) electrons. The van der Waals surface area contributed by atoms with Crippen LogP contribution in [0.15, 0.2) is 12.1 Å². The number of nitrogens with one attached hydrogen (secondary N) is 1. The summed E-state index contributed by atoms with van der Waals surface area (Å²) in [7, 11) is 6.26. The smallest absolute Gasteiger partial charge is 0.231 e. The van der Waals surface area contributed by atoms with Crippen molar-refractivity contribution in [2.24, 2.45) is 0 Å². The van der Waals surface area contributed by atoms with E-state index in [1.165, 1.54) is 11.1 Å². The minimum Gasteiger partial charge on any atom is -0.454 e. The zero-order valence-corrected chi connectivity index (χ0v) is 12.3. The molecule has 0 spiro atoms. The van der Waals surface area contributed by atoms with Crippen molar-refractivity contribution in [3.63, 3.8) is 0 Å². The van der Waals surface area contributed by atoms with Gasteiger partial charge in [-0.2, -0.15) is 0 Å². The molecule has 0 aromatic heterocycles. The third-order valence-corrected chi connectivity index (χ3v) is 3.65. The second-order valence-corrected chi connectivity index (χ2v) is 5.29. The van der Waals surface area contributed by atoms with Gasteiger partial charge in [0.25, 0.3) is 0 Å². The molecule has 1 aliphatic heterocycles. The Morgan fingerprint density at radius 3 is 2.58 bits per heavy atom. The Hall–Kier alpha value is -1.26. The van der Waals surface area contributed by atoms with Crippen molar-refractivity contribution in [3.8, 4) is 11.5 Å². The van der Waals surface area contributed by atoms with Crippen molar-refractivity contribution in [3.05, 3.63) is 23.3 Å². The monoisotopic (exact) mass is 264 g/mol. The van der Waals surface area contributed by atoms with Crippen LogP contribution in [0.2, 0.25) is 0 Å². The molecule has 1 heterocycles. The van der Waals surface area contributed by atoms with E-state index in [9.17, 15) is 0 Å². The van der Waals surface area contributed by atoms with Gasteiger partial charge in [-0.05, 0) is 70.7 Å². The molecular weight excluding hydrogens is 240 g/mol. The molecule has 0 saturated heterocycles. The van der Waals surface area contributed by atoms with Gasteiger partial charge in [0, 0.05) is 6.04 Å². The van der Waals surface area contributed by atoms with E-state index in [0.717, 1.165) is 30.9 Å². The Balaban J connectivity index is 2.21. The fourth-order valence-electron chi connectivity index (χ4n) is 2.58. The number of hydrogen-bond donors (Lipinski definition) is 1. The van der Waals surface area contributed by atoms with Crippen LogP contribution in [-0.2, 0) is 0 Å². The third kappa shape index (κ3) is 3.19. The van der Waals surface area contributed by atoms with Crippen LogP contribution in [0.5, 0.6) is 11.5 Å². The minimum atomic E-state index is 0.338. The van der Waals surface area contributed by atoms with Crippen molar-refractivity contribution in [1.82, 2.24) is 10.2 Å². The average Bonchev–Trinajstić information content (AvgIpc) is 2.80. The summed E-state index contributed by atoms with van der Waals surface area (Å²) in [5, 5.41) is 3.21. The molecule has 1 unspecified atom stereocenters. The first-order valence-corrected chi connectivity index (χ1v) is 6.84. The van der Waals surface area contributed by atoms with Crippen molar-refractivity contribution in [2.75, 3.05) is 34.5 Å². The van der Waals surface area contributed by atoms with Crippen LogP contribution in [0.4, 0.5) is 0 Å². The normalized spacial score (nSPS) is 15.0. The first-order valence-electron chi connectivity index (χ1n) is 6.84. The number of nitrogens with zero attached hydrogens (tertiary/aromatic N) is 1. The Kier molecular flexibility index (Phi) is 4.66. The standard InChI is InChI=1S/C15H24N2O2/c1-11-8-14-15(19-10-18-14)9-12(11)13(17(3)4)6-5-7-16-2/h8-9,13,16H,5-7,10H2,1-4H3. The quantitative estimate of drug-likeness (QED) is 0.800. The maximum Gasteiger partial charge on any atom is 0.231 e. The van der Waals surface area contributed by atoms with E-state index >= 15 is 0 Å². The van der Waals surface area contributed by atoms with Crippen molar-refractivity contribution in [1.29, 1.82) is 0 Å². The SMILES string of the molecule is CNCCCC(c1cc2c(cc1C)OCO2)N(C)C. The maximum absolute atomic E-state index is 5.50. The van der Waals surface area contributed by atoms with E-state index in [4.69, 9.17) is 9.47 Å². The number of aryl methyl sites for hydroxylation is 1. The molecule has 1 aromatic rings. The molecule has 19 heavy (non-hydrogen) atoms. The number of rotatable bonds is 6. The molecule has 1 aromatic carbocycles. The molecule has 4 heteroatoms. The molecule has 4 nitrogen and oxygen atoms in total. The van der Waals surface area contributed by atoms with E-state index in [2.05, 4.69) is 43.4 Å². The molecule has 1 N–H and O–H groups in total. The van der Waals surface area contributed by atoms with Crippen LogP contribution in [0.25, 0.3) is 0 Å². The van der Waals surface area contributed by atoms with Crippen molar-refractivity contribution >= 4 is 0 Å². The van der Waals surface area contributed by atoms with Gasteiger partial charge in [-0.15, -0.1) is 0 Å². The van der Waals surface area contributed by atoms with E-state index in [-0.39, 0.29) is 0 Å². The van der Waals surface area contributed by atoms with Crippen LogP contribution in [0, 0.1) is 6.92 Å². The topological polar surface area (TPSA) is 33.7 Å². The second-order valence-electron chi connectivity index (χ2n) is 5.29. The summed E-state index contributed by atoms with van der Waals surface area (Å²) in [4.78, 5) is 2.28. The number of benzene rings is 1. The van der Waals surface area contributed by atoms with Crippen LogP contribution in [0.3, 0.4) is 0 Å². The number of fused-ring (bicyclic) bond motifs is 1. The largest absolute Gasteiger partial charge is 0.454 e. The molecule has 0 saturated carbocycles. The molecule has 0 fully saturated rings. The molecule has 1 aliphatic rings. The van der Waals surface area contributed by atoms with E-state index in [1.54, 1.807) is 0 Å². The maximum atomic E-state index is 5.50. The summed E-state index contributed by atoms with van der Waals surface area (Å²) < 4.78 is 10.9. The molecule has 0 aliphatic carbocycles. The highest BCUT2D eigenvalue weighted by Crippen LogP contribution is 2.38. The van der Waals surface area contributed by atoms with Crippen LogP contribution >= 0.6 is 0 Å². The van der Waals surface area contributed by atoms with Crippen LogP contribution in [0.1, 0.15) is 30.0 Å². The van der Waals surface area contributed by atoms with E-state index in [1.807, 2.05) is 7.05 Å². The van der Waals surface area contributed by atoms with Crippen LogP contribution < -0.4 is 14.8 Å². The molecule has 0 bridgehead atoms. The Labute approximate surface area is 115 Å². The lowest BCUT2D eigenvalue weighted by molar-refractivity contribution is 0.174. The predicted molar refractivity (Wildman–Crippen MR) is 76.9 cm³/mol.